The summed E-state index contributed by atoms with van der Waals surface area (Å²) in [5.41, 5.74) is 0.349. The number of hydrogen-bond acceptors (Lipinski definition) is 3. The van der Waals surface area contributed by atoms with Gasteiger partial charge in [-0.3, -0.25) is 9.00 Å². The fourth-order valence-electron chi connectivity index (χ4n) is 1.02. The molecule has 1 aromatic carbocycles. The third kappa shape index (κ3) is 2.87. The van der Waals surface area contributed by atoms with Crippen molar-refractivity contribution in [3.05, 3.63) is 28.2 Å². The van der Waals surface area contributed by atoms with Crippen LogP contribution in [0.15, 0.2) is 27.6 Å². The van der Waals surface area contributed by atoms with Crippen LogP contribution in [0.3, 0.4) is 0 Å². The van der Waals surface area contributed by atoms with Crippen LogP contribution in [0.1, 0.15) is 10.4 Å². The van der Waals surface area contributed by atoms with Crippen molar-refractivity contribution in [1.82, 2.24) is 4.90 Å². The van der Waals surface area contributed by atoms with Gasteiger partial charge in [0, 0.05) is 29.0 Å². The second-order valence-corrected chi connectivity index (χ2v) is 4.84. The molecule has 0 aliphatic heterocycles. The minimum absolute atomic E-state index is 0.0858. The van der Waals surface area contributed by atoms with Crippen molar-refractivity contribution >= 4 is 32.9 Å². The van der Waals surface area contributed by atoms with Crippen molar-refractivity contribution in [2.45, 2.75) is 4.90 Å². The number of halogens is 1. The molecule has 0 N–H and O–H groups in total. The van der Waals surface area contributed by atoms with Gasteiger partial charge in [0.1, 0.15) is 0 Å². The monoisotopic (exact) mass is 290 g/mol. The molecule has 1 atom stereocenters. The Hall–Kier alpha value is -0.720. The zero-order valence-electron chi connectivity index (χ0n) is 8.19. The van der Waals surface area contributed by atoms with Crippen molar-refractivity contribution < 1.29 is 13.6 Å². The average molecular weight is 291 g/mol. The summed E-state index contributed by atoms with van der Waals surface area (Å²) in [6, 6.07) is 4.46. The molecule has 0 saturated carbocycles. The van der Waals surface area contributed by atoms with Gasteiger partial charge in [-0.2, -0.15) is 0 Å². The van der Waals surface area contributed by atoms with Gasteiger partial charge in [-0.25, -0.2) is 0 Å². The Kier molecular flexibility index (Phi) is 4.01. The Bertz CT molecular complexity index is 420. The summed E-state index contributed by atoms with van der Waals surface area (Å²) >= 11 is 0.751. The molecule has 82 valence electrons. The Balaban J connectivity index is 3.19. The van der Waals surface area contributed by atoms with E-state index in [-0.39, 0.29) is 10.8 Å². The lowest BCUT2D eigenvalue weighted by Crippen LogP contribution is -2.21. The smallest absolute Gasteiger partial charge is 0.253 e. The largest absolute Gasteiger partial charge is 0.768 e. The van der Waals surface area contributed by atoms with Gasteiger partial charge < -0.3 is 9.45 Å². The number of nitrogens with zero attached hydrogens (tertiary/aromatic N) is 1. The van der Waals surface area contributed by atoms with Crippen LogP contribution in [0, 0.1) is 0 Å². The number of rotatable bonds is 2. The van der Waals surface area contributed by atoms with Gasteiger partial charge in [0.15, 0.2) is 0 Å². The molecule has 1 aromatic rings. The highest BCUT2D eigenvalue weighted by atomic mass is 79.9. The van der Waals surface area contributed by atoms with Crippen molar-refractivity contribution in [3.8, 4) is 0 Å². The highest BCUT2D eigenvalue weighted by Gasteiger charge is 2.10. The molecule has 6 heteroatoms. The summed E-state index contributed by atoms with van der Waals surface area (Å²) in [6.07, 6.45) is 0. The van der Waals surface area contributed by atoms with Gasteiger partial charge in [-0.15, -0.1) is 0 Å². The van der Waals surface area contributed by atoms with Gasteiger partial charge in [0.25, 0.3) is 5.91 Å². The molecule has 1 rings (SSSR count). The Morgan fingerprint density at radius 1 is 1.47 bits per heavy atom. The third-order valence-corrected chi connectivity index (χ3v) is 3.41. The fourth-order valence-corrected chi connectivity index (χ4v) is 2.12. The van der Waals surface area contributed by atoms with Crippen LogP contribution in [0.25, 0.3) is 0 Å². The lowest BCUT2D eigenvalue weighted by molar-refractivity contribution is 0.0827. The lowest BCUT2D eigenvalue weighted by atomic mass is 10.2. The van der Waals surface area contributed by atoms with Crippen LogP contribution in [-0.2, 0) is 11.1 Å². The summed E-state index contributed by atoms with van der Waals surface area (Å²) in [5.74, 6) is -0.228. The lowest BCUT2D eigenvalue weighted by Gasteiger charge is -2.13. The van der Waals surface area contributed by atoms with Gasteiger partial charge in [-0.1, -0.05) is 0 Å². The van der Waals surface area contributed by atoms with E-state index in [9.17, 15) is 13.6 Å². The standard InChI is InChI=1S/C9H10BrNO3S/c1-11(2)9(12)6-3-4-7(10)8(5-6)15(13)14/h3-5H,1-2H3,(H,13,14)/p-1. The highest BCUT2D eigenvalue weighted by Crippen LogP contribution is 2.21. The van der Waals surface area contributed by atoms with E-state index in [1.165, 1.54) is 11.0 Å². The highest BCUT2D eigenvalue weighted by molar-refractivity contribution is 9.10. The average Bonchev–Trinajstić information content (AvgIpc) is 2.16. The molecular formula is C9H9BrNO3S-. The first-order valence-corrected chi connectivity index (χ1v) is 5.90. The predicted molar refractivity (Wildman–Crippen MR) is 59.3 cm³/mol. The molecule has 0 aliphatic carbocycles. The molecule has 15 heavy (non-hydrogen) atoms. The molecule has 0 radical (unpaired) electrons. The quantitative estimate of drug-likeness (QED) is 0.774. The molecule has 0 heterocycles. The van der Waals surface area contributed by atoms with Gasteiger partial charge in [-0.05, 0) is 45.2 Å². The minimum Gasteiger partial charge on any atom is -0.768 e. The van der Waals surface area contributed by atoms with Crippen molar-refractivity contribution in [2.24, 2.45) is 0 Å². The third-order valence-electron chi connectivity index (χ3n) is 1.76. The predicted octanol–water partition coefficient (Wildman–Crippen LogP) is 1.39. The van der Waals surface area contributed by atoms with E-state index in [1.807, 2.05) is 0 Å². The van der Waals surface area contributed by atoms with E-state index in [1.54, 1.807) is 26.2 Å². The maximum Gasteiger partial charge on any atom is 0.253 e. The van der Waals surface area contributed by atoms with Crippen LogP contribution in [0.5, 0.6) is 0 Å². The number of carbonyl (C=O) groups excluding carboxylic acids is 1. The zero-order chi connectivity index (χ0) is 11.6. The van der Waals surface area contributed by atoms with Crippen LogP contribution in [-0.4, -0.2) is 33.7 Å². The van der Waals surface area contributed by atoms with E-state index in [0.29, 0.717) is 10.0 Å². The minimum atomic E-state index is -2.35. The molecule has 1 amide bonds. The molecule has 0 spiro atoms. The number of amides is 1. The number of hydrogen-bond donors (Lipinski definition) is 0. The SMILES string of the molecule is CN(C)C(=O)c1ccc(Br)c(S(=O)[O-])c1. The van der Waals surface area contributed by atoms with Crippen molar-refractivity contribution in [2.75, 3.05) is 14.1 Å². The van der Waals surface area contributed by atoms with E-state index in [2.05, 4.69) is 15.9 Å². The summed E-state index contributed by atoms with van der Waals surface area (Å²) in [7, 11) is 3.22. The second-order valence-electron chi connectivity index (χ2n) is 3.08. The first-order valence-electron chi connectivity index (χ1n) is 4.04. The molecule has 0 aliphatic rings. The van der Waals surface area contributed by atoms with Gasteiger partial charge >= 0.3 is 0 Å². The first kappa shape index (κ1) is 12.4. The van der Waals surface area contributed by atoms with Crippen LogP contribution in [0.4, 0.5) is 0 Å². The zero-order valence-corrected chi connectivity index (χ0v) is 10.6. The van der Waals surface area contributed by atoms with Crippen molar-refractivity contribution in [1.29, 1.82) is 0 Å². The molecule has 0 bridgehead atoms. The van der Waals surface area contributed by atoms with Crippen LogP contribution >= 0.6 is 15.9 Å². The number of carbonyl (C=O) groups is 1. The summed E-state index contributed by atoms with van der Waals surface area (Å²) < 4.78 is 22.1. The van der Waals surface area contributed by atoms with E-state index in [0.717, 1.165) is 0 Å². The molecule has 0 saturated heterocycles. The second kappa shape index (κ2) is 4.87. The maximum absolute atomic E-state index is 11.5. The Labute approximate surface area is 98.7 Å². The van der Waals surface area contributed by atoms with Crippen molar-refractivity contribution in [3.63, 3.8) is 0 Å². The van der Waals surface area contributed by atoms with Gasteiger partial charge in [0.2, 0.25) is 0 Å². The molecular weight excluding hydrogens is 282 g/mol. The summed E-state index contributed by atoms with van der Waals surface area (Å²) in [5, 5.41) is 0. The normalized spacial score (nSPS) is 12.3. The molecule has 0 fully saturated rings. The Morgan fingerprint density at radius 3 is 2.53 bits per heavy atom. The number of benzene rings is 1. The summed E-state index contributed by atoms with van der Waals surface area (Å²) in [6.45, 7) is 0. The van der Waals surface area contributed by atoms with Gasteiger partial charge in [0.05, 0.1) is 0 Å². The molecule has 1 unspecified atom stereocenters. The topological polar surface area (TPSA) is 60.4 Å². The maximum atomic E-state index is 11.5. The molecule has 0 aromatic heterocycles. The van der Waals surface area contributed by atoms with E-state index < -0.39 is 11.1 Å². The first-order chi connectivity index (χ1) is 6.93. The molecule has 4 nitrogen and oxygen atoms in total. The van der Waals surface area contributed by atoms with E-state index >= 15 is 0 Å². The van der Waals surface area contributed by atoms with Crippen LogP contribution < -0.4 is 0 Å². The Morgan fingerprint density at radius 2 is 2.07 bits per heavy atom. The fraction of sp³-hybridized carbons (Fsp3) is 0.222. The van der Waals surface area contributed by atoms with Crippen LogP contribution in [0.2, 0.25) is 0 Å². The van der Waals surface area contributed by atoms with E-state index in [4.69, 9.17) is 0 Å². The summed E-state index contributed by atoms with van der Waals surface area (Å²) in [4.78, 5) is 13.0.